The summed E-state index contributed by atoms with van der Waals surface area (Å²) in [5, 5.41) is 8.90. The minimum absolute atomic E-state index is 0.0624. The van der Waals surface area contributed by atoms with Crippen LogP contribution in [-0.2, 0) is 4.79 Å². The highest BCUT2D eigenvalue weighted by molar-refractivity contribution is 5.73. The molecule has 4 nitrogen and oxygen atoms in total. The predicted molar refractivity (Wildman–Crippen MR) is 45.4 cm³/mol. The Morgan fingerprint density at radius 2 is 2.42 bits per heavy atom. The third-order valence-corrected chi connectivity index (χ3v) is 2.49. The molecule has 0 bridgehead atoms. The number of rotatable bonds is 1. The first-order valence-corrected chi connectivity index (χ1v) is 4.27. The molecule has 1 rings (SSSR count). The van der Waals surface area contributed by atoms with Crippen LogP contribution in [0, 0.1) is 5.92 Å². The van der Waals surface area contributed by atoms with E-state index >= 15 is 0 Å². The number of hydrogen-bond donors (Lipinski definition) is 2. The summed E-state index contributed by atoms with van der Waals surface area (Å²) in [4.78, 5) is 12.7. The van der Waals surface area contributed by atoms with E-state index in [1.165, 1.54) is 0 Å². The Hall–Kier alpha value is -0.610. The van der Waals surface area contributed by atoms with Gasteiger partial charge in [-0.05, 0) is 6.42 Å². The molecule has 0 aliphatic carbocycles. The second-order valence-corrected chi connectivity index (χ2v) is 3.36. The largest absolute Gasteiger partial charge is 0.396 e. The van der Waals surface area contributed by atoms with E-state index in [4.69, 9.17) is 10.8 Å². The molecule has 2 unspecified atom stereocenters. The van der Waals surface area contributed by atoms with E-state index in [0.29, 0.717) is 6.54 Å². The fourth-order valence-corrected chi connectivity index (χ4v) is 1.54. The van der Waals surface area contributed by atoms with Gasteiger partial charge in [-0.2, -0.15) is 0 Å². The van der Waals surface area contributed by atoms with Crippen molar-refractivity contribution in [1.29, 1.82) is 0 Å². The first-order valence-electron chi connectivity index (χ1n) is 4.27. The zero-order valence-corrected chi connectivity index (χ0v) is 7.36. The summed E-state index contributed by atoms with van der Waals surface area (Å²) in [6.45, 7) is 2.99. The molecule has 1 fully saturated rings. The minimum Gasteiger partial charge on any atom is -0.396 e. The van der Waals surface area contributed by atoms with E-state index in [-0.39, 0.29) is 24.5 Å². The fraction of sp³-hybridized carbons (Fsp3) is 0.875. The summed E-state index contributed by atoms with van der Waals surface area (Å²) in [6, 6.07) is -0.0624. The molecule has 1 amide bonds. The van der Waals surface area contributed by atoms with Crippen LogP contribution in [0.25, 0.3) is 0 Å². The number of piperidine rings is 1. The Balaban J connectivity index is 2.46. The number of aliphatic hydroxyl groups is 1. The maximum Gasteiger partial charge on any atom is 0.219 e. The maximum atomic E-state index is 10.9. The van der Waals surface area contributed by atoms with Crippen molar-refractivity contribution in [2.24, 2.45) is 11.7 Å². The number of amides is 1. The average Bonchev–Trinajstić information content (AvgIpc) is 2.04. The molecule has 1 aliphatic heterocycles. The number of nitrogens with zero attached hydrogens (tertiary/aromatic N) is 1. The van der Waals surface area contributed by atoms with Crippen molar-refractivity contribution >= 4 is 5.91 Å². The highest BCUT2D eigenvalue weighted by Crippen LogP contribution is 2.15. The minimum atomic E-state index is -0.0624. The van der Waals surface area contributed by atoms with Gasteiger partial charge < -0.3 is 15.7 Å². The number of nitrogens with two attached hydrogens (primary N) is 1. The van der Waals surface area contributed by atoms with Crippen LogP contribution in [-0.4, -0.2) is 41.7 Å². The Morgan fingerprint density at radius 1 is 1.75 bits per heavy atom. The summed E-state index contributed by atoms with van der Waals surface area (Å²) in [6.07, 6.45) is 0.817. The smallest absolute Gasteiger partial charge is 0.219 e. The quantitative estimate of drug-likeness (QED) is 0.543. The van der Waals surface area contributed by atoms with Gasteiger partial charge in [0.15, 0.2) is 0 Å². The van der Waals surface area contributed by atoms with Gasteiger partial charge in [0.25, 0.3) is 0 Å². The van der Waals surface area contributed by atoms with Gasteiger partial charge in [0, 0.05) is 38.6 Å². The predicted octanol–water partition coefficient (Wildman–Crippen LogP) is -0.826. The Kier molecular flexibility index (Phi) is 3.05. The van der Waals surface area contributed by atoms with Gasteiger partial charge in [-0.25, -0.2) is 0 Å². The topological polar surface area (TPSA) is 66.6 Å². The van der Waals surface area contributed by atoms with E-state index in [0.717, 1.165) is 13.0 Å². The van der Waals surface area contributed by atoms with Crippen LogP contribution in [0.15, 0.2) is 0 Å². The van der Waals surface area contributed by atoms with Crippen molar-refractivity contribution in [3.05, 3.63) is 0 Å². The molecule has 1 heterocycles. The molecule has 2 atom stereocenters. The number of hydrogen-bond acceptors (Lipinski definition) is 3. The van der Waals surface area contributed by atoms with Crippen LogP contribution in [0.1, 0.15) is 13.3 Å². The lowest BCUT2D eigenvalue weighted by molar-refractivity contribution is -0.130. The Morgan fingerprint density at radius 3 is 2.83 bits per heavy atom. The summed E-state index contributed by atoms with van der Waals surface area (Å²) >= 11 is 0. The number of carbonyl (C=O) groups is 1. The van der Waals surface area contributed by atoms with Gasteiger partial charge in [0.2, 0.25) is 5.91 Å². The lowest BCUT2D eigenvalue weighted by Crippen LogP contribution is -2.50. The van der Waals surface area contributed by atoms with E-state index in [1.54, 1.807) is 11.8 Å². The van der Waals surface area contributed by atoms with Crippen LogP contribution in [0.4, 0.5) is 0 Å². The second kappa shape index (κ2) is 3.87. The van der Waals surface area contributed by atoms with E-state index in [2.05, 4.69) is 0 Å². The summed E-state index contributed by atoms with van der Waals surface area (Å²) < 4.78 is 0. The highest BCUT2D eigenvalue weighted by atomic mass is 16.3. The van der Waals surface area contributed by atoms with Crippen LogP contribution in [0.5, 0.6) is 0 Å². The fourth-order valence-electron chi connectivity index (χ4n) is 1.54. The molecule has 0 radical (unpaired) electrons. The molecule has 1 aliphatic rings. The van der Waals surface area contributed by atoms with Gasteiger partial charge in [-0.15, -0.1) is 0 Å². The van der Waals surface area contributed by atoms with Crippen molar-refractivity contribution in [2.75, 3.05) is 19.7 Å². The molecule has 70 valence electrons. The van der Waals surface area contributed by atoms with Crippen molar-refractivity contribution in [1.82, 2.24) is 4.90 Å². The summed E-state index contributed by atoms with van der Waals surface area (Å²) in [5.74, 6) is 0.238. The van der Waals surface area contributed by atoms with Gasteiger partial charge in [-0.1, -0.05) is 0 Å². The first-order chi connectivity index (χ1) is 5.65. The molecule has 0 aromatic rings. The molecule has 4 heteroatoms. The van der Waals surface area contributed by atoms with Gasteiger partial charge >= 0.3 is 0 Å². The van der Waals surface area contributed by atoms with E-state index in [9.17, 15) is 4.79 Å². The lowest BCUT2D eigenvalue weighted by atomic mass is 9.93. The molecular weight excluding hydrogens is 156 g/mol. The molecule has 12 heavy (non-hydrogen) atoms. The standard InChI is InChI=1S/C8H16N2O2/c1-6(12)10-3-2-7(5-11)8(9)4-10/h7-8,11H,2-5,9H2,1H3. The third kappa shape index (κ3) is 1.95. The Bertz CT molecular complexity index is 172. The maximum absolute atomic E-state index is 10.9. The third-order valence-electron chi connectivity index (χ3n) is 2.49. The first kappa shape index (κ1) is 9.48. The SMILES string of the molecule is CC(=O)N1CCC(CO)C(N)C1. The zero-order valence-electron chi connectivity index (χ0n) is 7.36. The van der Waals surface area contributed by atoms with Crippen molar-refractivity contribution < 1.29 is 9.90 Å². The Labute approximate surface area is 72.3 Å². The van der Waals surface area contributed by atoms with E-state index in [1.807, 2.05) is 0 Å². The van der Waals surface area contributed by atoms with Crippen molar-refractivity contribution in [3.63, 3.8) is 0 Å². The molecule has 0 spiro atoms. The lowest BCUT2D eigenvalue weighted by Gasteiger charge is -2.35. The average molecular weight is 172 g/mol. The molecule has 0 aromatic heterocycles. The monoisotopic (exact) mass is 172 g/mol. The van der Waals surface area contributed by atoms with Crippen molar-refractivity contribution in [2.45, 2.75) is 19.4 Å². The number of likely N-dealkylation sites (tertiary alicyclic amines) is 1. The summed E-state index contributed by atoms with van der Waals surface area (Å²) in [7, 11) is 0. The van der Waals surface area contributed by atoms with Gasteiger partial charge in [0.1, 0.15) is 0 Å². The van der Waals surface area contributed by atoms with Crippen molar-refractivity contribution in [3.8, 4) is 0 Å². The normalized spacial score (nSPS) is 30.4. The van der Waals surface area contributed by atoms with Crippen LogP contribution in [0.2, 0.25) is 0 Å². The zero-order chi connectivity index (χ0) is 9.14. The number of carbonyl (C=O) groups excluding carboxylic acids is 1. The second-order valence-electron chi connectivity index (χ2n) is 3.36. The molecule has 0 aromatic carbocycles. The van der Waals surface area contributed by atoms with Crippen LogP contribution >= 0.6 is 0 Å². The van der Waals surface area contributed by atoms with Gasteiger partial charge in [0.05, 0.1) is 0 Å². The van der Waals surface area contributed by atoms with Gasteiger partial charge in [-0.3, -0.25) is 4.79 Å². The molecule has 3 N–H and O–H groups in total. The van der Waals surface area contributed by atoms with Crippen LogP contribution in [0.3, 0.4) is 0 Å². The highest BCUT2D eigenvalue weighted by Gasteiger charge is 2.26. The molecule has 1 saturated heterocycles. The molecular formula is C8H16N2O2. The summed E-state index contributed by atoms with van der Waals surface area (Å²) in [5.41, 5.74) is 5.76. The van der Waals surface area contributed by atoms with E-state index < -0.39 is 0 Å². The molecule has 0 saturated carbocycles. The van der Waals surface area contributed by atoms with Crippen LogP contribution < -0.4 is 5.73 Å². The number of aliphatic hydroxyl groups excluding tert-OH is 1.